The molecule has 1 aromatic heterocycles. The van der Waals surface area contributed by atoms with Crippen LogP contribution in [-0.2, 0) is 28.8 Å². The average molecular weight is 341 g/mol. The summed E-state index contributed by atoms with van der Waals surface area (Å²) >= 11 is 1.51. The van der Waals surface area contributed by atoms with E-state index in [0.29, 0.717) is 11.4 Å². The van der Waals surface area contributed by atoms with Crippen LogP contribution in [0.2, 0.25) is 0 Å². The first-order chi connectivity index (χ1) is 11.7. The highest BCUT2D eigenvalue weighted by molar-refractivity contribution is 7.14. The summed E-state index contributed by atoms with van der Waals surface area (Å²) in [5.74, 6) is -0.535. The second kappa shape index (κ2) is 6.40. The summed E-state index contributed by atoms with van der Waals surface area (Å²) < 4.78 is 5.28. The highest BCUT2D eigenvalue weighted by Gasteiger charge is 2.24. The molecule has 1 aromatic carbocycles. The summed E-state index contributed by atoms with van der Waals surface area (Å²) in [4.78, 5) is 28.3. The Morgan fingerprint density at radius 1 is 1.08 bits per heavy atom. The Labute approximate surface area is 145 Å². The van der Waals surface area contributed by atoms with Crippen molar-refractivity contribution in [1.29, 1.82) is 0 Å². The zero-order valence-electron chi connectivity index (χ0n) is 13.4. The summed E-state index contributed by atoms with van der Waals surface area (Å²) in [6.07, 6.45) is 5.19. The molecule has 0 atom stereocenters. The number of hydrogen-bond donors (Lipinski definition) is 0. The van der Waals surface area contributed by atoms with Crippen LogP contribution in [0.5, 0.6) is 0 Å². The first-order valence-electron chi connectivity index (χ1n) is 8.39. The van der Waals surface area contributed by atoms with Crippen molar-refractivity contribution in [2.75, 3.05) is 18.1 Å². The third-order valence-electron chi connectivity index (χ3n) is 4.69. The van der Waals surface area contributed by atoms with Crippen molar-refractivity contribution in [1.82, 2.24) is 0 Å². The number of benzene rings is 1. The number of nitrogens with zero attached hydrogens (tertiary/aromatic N) is 1. The Morgan fingerprint density at radius 2 is 1.92 bits per heavy atom. The van der Waals surface area contributed by atoms with Crippen molar-refractivity contribution in [3.8, 4) is 0 Å². The van der Waals surface area contributed by atoms with Gasteiger partial charge in [0.05, 0.1) is 0 Å². The third kappa shape index (κ3) is 2.84. The Hall–Kier alpha value is -2.14. The summed E-state index contributed by atoms with van der Waals surface area (Å²) in [5, 5.41) is 0. The molecule has 24 heavy (non-hydrogen) atoms. The number of hydrogen-bond acceptors (Lipinski definition) is 4. The minimum absolute atomic E-state index is 0.153. The van der Waals surface area contributed by atoms with E-state index in [1.807, 2.05) is 30.3 Å². The lowest BCUT2D eigenvalue weighted by Crippen LogP contribution is -2.38. The number of aryl methyl sites for hydroxylation is 3. The van der Waals surface area contributed by atoms with Gasteiger partial charge in [-0.25, -0.2) is 4.79 Å². The minimum atomic E-state index is -0.381. The standard InChI is InChI=1S/C19H19NO3S/c21-18(20-10-4-7-13-5-1-2-8-15(13)20)12-23-19(22)17-11-14-6-3-9-16(14)24-17/h1-2,5,8,11H,3-4,6-7,9-10,12H2. The molecule has 5 heteroatoms. The normalized spacial score (nSPS) is 15.8. The van der Waals surface area contributed by atoms with Crippen molar-refractivity contribution < 1.29 is 14.3 Å². The lowest BCUT2D eigenvalue weighted by atomic mass is 10.0. The molecular weight excluding hydrogens is 322 g/mol. The number of esters is 1. The van der Waals surface area contributed by atoms with Gasteiger partial charge >= 0.3 is 5.97 Å². The van der Waals surface area contributed by atoms with Crippen LogP contribution >= 0.6 is 11.3 Å². The molecule has 0 spiro atoms. The van der Waals surface area contributed by atoms with Gasteiger partial charge in [0.1, 0.15) is 4.88 Å². The van der Waals surface area contributed by atoms with Crippen molar-refractivity contribution in [3.05, 3.63) is 51.2 Å². The van der Waals surface area contributed by atoms with E-state index in [4.69, 9.17) is 4.74 Å². The number of amides is 1. The zero-order chi connectivity index (χ0) is 16.5. The second-order valence-electron chi connectivity index (χ2n) is 6.27. The molecule has 0 bridgehead atoms. The summed E-state index contributed by atoms with van der Waals surface area (Å²) in [6, 6.07) is 9.86. The van der Waals surface area contributed by atoms with E-state index in [-0.39, 0.29) is 18.5 Å². The van der Waals surface area contributed by atoms with Crippen LogP contribution in [0.4, 0.5) is 5.69 Å². The molecule has 124 valence electrons. The van der Waals surface area contributed by atoms with Crippen LogP contribution < -0.4 is 4.90 Å². The summed E-state index contributed by atoms with van der Waals surface area (Å²) in [5.41, 5.74) is 3.39. The van der Waals surface area contributed by atoms with Crippen molar-refractivity contribution in [2.45, 2.75) is 32.1 Å². The molecule has 0 fully saturated rings. The van der Waals surface area contributed by atoms with E-state index in [0.717, 1.165) is 31.4 Å². The van der Waals surface area contributed by atoms with E-state index in [1.165, 1.54) is 33.8 Å². The monoisotopic (exact) mass is 341 g/mol. The molecule has 4 nitrogen and oxygen atoms in total. The van der Waals surface area contributed by atoms with E-state index < -0.39 is 0 Å². The molecular formula is C19H19NO3S. The SMILES string of the molecule is O=C(OCC(=O)N1CCCc2ccccc21)c1cc2c(s1)CCC2. The van der Waals surface area contributed by atoms with Gasteiger partial charge < -0.3 is 9.64 Å². The van der Waals surface area contributed by atoms with Gasteiger partial charge in [-0.05, 0) is 55.4 Å². The molecule has 2 heterocycles. The Morgan fingerprint density at radius 3 is 2.79 bits per heavy atom. The maximum absolute atomic E-state index is 12.5. The van der Waals surface area contributed by atoms with Crippen LogP contribution in [0.1, 0.15) is 38.5 Å². The predicted molar refractivity (Wildman–Crippen MR) is 93.7 cm³/mol. The number of carbonyl (C=O) groups is 2. The van der Waals surface area contributed by atoms with Gasteiger partial charge in [0, 0.05) is 17.1 Å². The fraction of sp³-hybridized carbons (Fsp3) is 0.368. The molecule has 1 aliphatic heterocycles. The van der Waals surface area contributed by atoms with Crippen molar-refractivity contribution in [3.63, 3.8) is 0 Å². The van der Waals surface area contributed by atoms with E-state index in [1.54, 1.807) is 4.90 Å². The maximum atomic E-state index is 12.5. The molecule has 1 aliphatic carbocycles. The number of thiophene rings is 1. The Kier molecular flexibility index (Phi) is 4.10. The molecule has 0 N–H and O–H groups in total. The largest absolute Gasteiger partial charge is 0.451 e. The van der Waals surface area contributed by atoms with Crippen LogP contribution in [0.15, 0.2) is 30.3 Å². The number of carbonyl (C=O) groups excluding carboxylic acids is 2. The maximum Gasteiger partial charge on any atom is 0.348 e. The molecule has 2 aliphatic rings. The number of para-hydroxylation sites is 1. The number of fused-ring (bicyclic) bond motifs is 2. The van der Waals surface area contributed by atoms with E-state index in [2.05, 4.69) is 0 Å². The van der Waals surface area contributed by atoms with Gasteiger partial charge in [0.15, 0.2) is 6.61 Å². The van der Waals surface area contributed by atoms with Gasteiger partial charge in [-0.1, -0.05) is 18.2 Å². The van der Waals surface area contributed by atoms with Crippen molar-refractivity contribution >= 4 is 28.9 Å². The smallest absolute Gasteiger partial charge is 0.348 e. The number of anilines is 1. The topological polar surface area (TPSA) is 46.6 Å². The molecule has 0 saturated carbocycles. The van der Waals surface area contributed by atoms with Gasteiger partial charge in [-0.3, -0.25) is 4.79 Å². The average Bonchev–Trinajstić information content (AvgIpc) is 3.20. The lowest BCUT2D eigenvalue weighted by molar-refractivity contribution is -0.121. The second-order valence-corrected chi connectivity index (χ2v) is 7.40. The van der Waals surface area contributed by atoms with Gasteiger partial charge in [0.25, 0.3) is 5.91 Å². The predicted octanol–water partition coefficient (Wildman–Crippen LogP) is 3.37. The third-order valence-corrected chi connectivity index (χ3v) is 5.90. The van der Waals surface area contributed by atoms with Crippen LogP contribution in [-0.4, -0.2) is 25.0 Å². The highest BCUT2D eigenvalue weighted by atomic mass is 32.1. The van der Waals surface area contributed by atoms with Crippen molar-refractivity contribution in [2.24, 2.45) is 0 Å². The Balaban J connectivity index is 1.41. The van der Waals surface area contributed by atoms with Crippen LogP contribution in [0.3, 0.4) is 0 Å². The molecule has 0 unspecified atom stereocenters. The molecule has 2 aromatic rings. The fourth-order valence-corrected chi connectivity index (χ4v) is 4.65. The molecule has 0 saturated heterocycles. The van der Waals surface area contributed by atoms with Gasteiger partial charge in [0.2, 0.25) is 0 Å². The number of ether oxygens (including phenoxy) is 1. The van der Waals surface area contributed by atoms with E-state index in [9.17, 15) is 9.59 Å². The van der Waals surface area contributed by atoms with Crippen LogP contribution in [0.25, 0.3) is 0 Å². The summed E-state index contributed by atoms with van der Waals surface area (Å²) in [7, 11) is 0. The van der Waals surface area contributed by atoms with Crippen LogP contribution in [0, 0.1) is 0 Å². The summed E-state index contributed by atoms with van der Waals surface area (Å²) in [6.45, 7) is 0.483. The molecule has 1 amide bonds. The molecule has 4 rings (SSSR count). The minimum Gasteiger partial charge on any atom is -0.451 e. The first-order valence-corrected chi connectivity index (χ1v) is 9.21. The number of rotatable bonds is 3. The van der Waals surface area contributed by atoms with E-state index >= 15 is 0 Å². The first kappa shape index (κ1) is 15.4. The fourth-order valence-electron chi connectivity index (χ4n) is 3.50. The quantitative estimate of drug-likeness (QED) is 0.804. The van der Waals surface area contributed by atoms with Gasteiger partial charge in [-0.15, -0.1) is 11.3 Å². The lowest BCUT2D eigenvalue weighted by Gasteiger charge is -2.29. The van der Waals surface area contributed by atoms with Gasteiger partial charge in [-0.2, -0.15) is 0 Å². The highest BCUT2D eigenvalue weighted by Crippen LogP contribution is 2.31. The molecule has 0 radical (unpaired) electrons. The zero-order valence-corrected chi connectivity index (χ0v) is 14.2. The Bertz CT molecular complexity index is 774.